The van der Waals surface area contributed by atoms with E-state index in [1.165, 1.54) is 52.1 Å². The molecule has 136 valence electrons. The number of carbonyl (C=O) groups excluding carboxylic acids is 1. The lowest BCUT2D eigenvalue weighted by Crippen LogP contribution is -2.13. The van der Waals surface area contributed by atoms with Crippen LogP contribution in [0, 0.1) is 12.7 Å². The van der Waals surface area contributed by atoms with Gasteiger partial charge in [0.25, 0.3) is 0 Å². The number of thioether (sulfide) groups is 1. The Hall–Kier alpha value is -2.29. The van der Waals surface area contributed by atoms with Crippen molar-refractivity contribution in [3.05, 3.63) is 59.2 Å². The van der Waals surface area contributed by atoms with Gasteiger partial charge in [-0.2, -0.15) is 0 Å². The first-order valence-corrected chi connectivity index (χ1v) is 10.8. The third kappa shape index (κ3) is 4.35. The van der Waals surface area contributed by atoms with Crippen molar-refractivity contribution < 1.29 is 9.18 Å². The summed E-state index contributed by atoms with van der Waals surface area (Å²) in [6.07, 6.45) is 0. The van der Waals surface area contributed by atoms with Gasteiger partial charge in [-0.25, -0.2) is 14.4 Å². The Kier molecular flexibility index (Phi) is 5.20. The number of hydrogen-bond donors (Lipinski definition) is 1. The van der Waals surface area contributed by atoms with Gasteiger partial charge in [-0.05, 0) is 48.9 Å². The van der Waals surface area contributed by atoms with E-state index in [1.54, 1.807) is 12.1 Å². The molecule has 0 unspecified atom stereocenters. The van der Waals surface area contributed by atoms with Crippen LogP contribution in [0.15, 0.2) is 52.2 Å². The van der Waals surface area contributed by atoms with Crippen LogP contribution in [0.2, 0.25) is 0 Å². The Labute approximate surface area is 167 Å². The summed E-state index contributed by atoms with van der Waals surface area (Å²) in [5.74, 6) is -0.134. The Morgan fingerprint density at radius 2 is 2.00 bits per heavy atom. The fourth-order valence-corrected chi connectivity index (χ4v) is 5.06. The van der Waals surface area contributed by atoms with Gasteiger partial charge < -0.3 is 5.32 Å². The molecule has 0 atom stereocenters. The molecule has 1 amide bonds. The van der Waals surface area contributed by atoms with E-state index in [4.69, 9.17) is 0 Å². The predicted octanol–water partition coefficient (Wildman–Crippen LogP) is 5.60. The van der Waals surface area contributed by atoms with E-state index in [-0.39, 0.29) is 17.5 Å². The van der Waals surface area contributed by atoms with Crippen LogP contribution in [0.4, 0.5) is 9.52 Å². The number of aryl methyl sites for hydroxylation is 1. The third-order valence-corrected chi connectivity index (χ3v) is 6.69. The molecule has 4 nitrogen and oxygen atoms in total. The van der Waals surface area contributed by atoms with Crippen LogP contribution >= 0.6 is 34.4 Å². The van der Waals surface area contributed by atoms with Crippen LogP contribution in [-0.2, 0) is 4.79 Å². The van der Waals surface area contributed by atoms with Crippen LogP contribution < -0.4 is 5.32 Å². The molecule has 0 aliphatic heterocycles. The van der Waals surface area contributed by atoms with Gasteiger partial charge in [0.15, 0.2) is 9.47 Å². The maximum atomic E-state index is 13.0. The second-order valence-corrected chi connectivity index (χ2v) is 8.94. The van der Waals surface area contributed by atoms with Gasteiger partial charge >= 0.3 is 0 Å². The molecule has 2 heterocycles. The molecule has 0 radical (unpaired) electrons. The average Bonchev–Trinajstić information content (AvgIpc) is 3.26. The summed E-state index contributed by atoms with van der Waals surface area (Å²) in [6.45, 7) is 2.03. The Morgan fingerprint density at radius 3 is 2.81 bits per heavy atom. The van der Waals surface area contributed by atoms with Crippen molar-refractivity contribution in [1.82, 2.24) is 9.97 Å². The molecule has 27 heavy (non-hydrogen) atoms. The van der Waals surface area contributed by atoms with Crippen molar-refractivity contribution in [2.24, 2.45) is 0 Å². The number of halogens is 1. The number of nitrogens with zero attached hydrogens (tertiary/aromatic N) is 2. The van der Waals surface area contributed by atoms with Crippen LogP contribution in [0.5, 0.6) is 0 Å². The van der Waals surface area contributed by atoms with E-state index in [1.807, 2.05) is 24.4 Å². The van der Waals surface area contributed by atoms with Crippen LogP contribution in [0.1, 0.15) is 5.56 Å². The number of benzene rings is 2. The first kappa shape index (κ1) is 18.1. The lowest BCUT2D eigenvalue weighted by molar-refractivity contribution is -0.113. The second kappa shape index (κ2) is 7.75. The van der Waals surface area contributed by atoms with Crippen molar-refractivity contribution in [1.29, 1.82) is 0 Å². The number of rotatable bonds is 5. The zero-order valence-electron chi connectivity index (χ0n) is 14.2. The quantitative estimate of drug-likeness (QED) is 0.431. The van der Waals surface area contributed by atoms with Gasteiger partial charge in [0.2, 0.25) is 5.91 Å². The highest BCUT2D eigenvalue weighted by Crippen LogP contribution is 2.29. The lowest BCUT2D eigenvalue weighted by atomic mass is 10.2. The average molecular weight is 416 g/mol. The number of aromatic nitrogens is 2. The molecule has 0 bridgehead atoms. The first-order chi connectivity index (χ1) is 13.1. The third-order valence-electron chi connectivity index (χ3n) is 3.74. The summed E-state index contributed by atoms with van der Waals surface area (Å²) < 4.78 is 14.9. The number of anilines is 1. The zero-order chi connectivity index (χ0) is 18.8. The molecule has 0 saturated carbocycles. The SMILES string of the molecule is Cc1ccc2nc(NC(=O)CSc3nc(-c4ccc(F)cc4)cs3)sc2c1. The molecule has 1 N–H and O–H groups in total. The normalized spacial score (nSPS) is 11.0. The molecule has 0 saturated heterocycles. The summed E-state index contributed by atoms with van der Waals surface area (Å²) in [7, 11) is 0. The fourth-order valence-electron chi connectivity index (χ4n) is 2.44. The topological polar surface area (TPSA) is 54.9 Å². The molecule has 2 aromatic carbocycles. The molecule has 4 aromatic rings. The number of amides is 1. The van der Waals surface area contributed by atoms with Gasteiger partial charge in [0, 0.05) is 10.9 Å². The smallest absolute Gasteiger partial charge is 0.236 e. The molecule has 8 heteroatoms. The van der Waals surface area contributed by atoms with Gasteiger partial charge in [-0.1, -0.05) is 29.2 Å². The predicted molar refractivity (Wildman–Crippen MR) is 111 cm³/mol. The van der Waals surface area contributed by atoms with Crippen molar-refractivity contribution in [2.75, 3.05) is 11.1 Å². The van der Waals surface area contributed by atoms with Crippen molar-refractivity contribution in [3.8, 4) is 11.3 Å². The maximum absolute atomic E-state index is 13.0. The number of nitrogens with one attached hydrogen (secondary N) is 1. The highest BCUT2D eigenvalue weighted by Gasteiger charge is 2.11. The minimum absolute atomic E-state index is 0.116. The van der Waals surface area contributed by atoms with Crippen LogP contribution in [0.3, 0.4) is 0 Å². The van der Waals surface area contributed by atoms with E-state index < -0.39 is 0 Å². The van der Waals surface area contributed by atoms with E-state index in [0.29, 0.717) is 5.13 Å². The Bertz CT molecular complexity index is 1110. The molecular formula is C19H14FN3OS3. The van der Waals surface area contributed by atoms with Crippen molar-refractivity contribution in [2.45, 2.75) is 11.3 Å². The van der Waals surface area contributed by atoms with Gasteiger partial charge in [0.05, 0.1) is 21.7 Å². The molecule has 0 aliphatic carbocycles. The molecule has 0 aliphatic rings. The number of hydrogen-bond acceptors (Lipinski definition) is 6. The molecule has 0 fully saturated rings. The molecule has 2 aromatic heterocycles. The summed E-state index contributed by atoms with van der Waals surface area (Å²) in [6, 6.07) is 12.2. The monoisotopic (exact) mass is 415 g/mol. The van der Waals surface area contributed by atoms with Crippen LogP contribution in [0.25, 0.3) is 21.5 Å². The number of thiazole rings is 2. The lowest BCUT2D eigenvalue weighted by Gasteiger charge is -1.99. The van der Waals surface area contributed by atoms with Crippen molar-refractivity contribution >= 4 is 55.7 Å². The number of fused-ring (bicyclic) bond motifs is 1. The molecule has 4 rings (SSSR count). The van der Waals surface area contributed by atoms with E-state index in [0.717, 1.165) is 25.8 Å². The largest absolute Gasteiger partial charge is 0.301 e. The van der Waals surface area contributed by atoms with Crippen LogP contribution in [-0.4, -0.2) is 21.6 Å². The summed E-state index contributed by atoms with van der Waals surface area (Å²) in [5.41, 5.74) is 3.69. The minimum Gasteiger partial charge on any atom is -0.301 e. The van der Waals surface area contributed by atoms with Gasteiger partial charge in [-0.3, -0.25) is 4.79 Å². The Morgan fingerprint density at radius 1 is 1.19 bits per heavy atom. The Balaban J connectivity index is 1.36. The zero-order valence-corrected chi connectivity index (χ0v) is 16.7. The minimum atomic E-state index is -0.273. The van der Waals surface area contributed by atoms with Gasteiger partial charge in [-0.15, -0.1) is 11.3 Å². The summed E-state index contributed by atoms with van der Waals surface area (Å²) in [5, 5.41) is 5.36. The van der Waals surface area contributed by atoms with Gasteiger partial charge in [0.1, 0.15) is 5.82 Å². The summed E-state index contributed by atoms with van der Waals surface area (Å²) in [4.78, 5) is 21.1. The van der Waals surface area contributed by atoms with E-state index in [2.05, 4.69) is 21.4 Å². The molecular weight excluding hydrogens is 401 g/mol. The standard InChI is InChI=1S/C19H14FN3OS3/c1-11-2-7-14-16(8-11)27-18(21-14)23-17(24)10-26-19-22-15(9-25-19)12-3-5-13(20)6-4-12/h2-9H,10H2,1H3,(H,21,23,24). The number of carbonyl (C=O) groups is 1. The second-order valence-electron chi connectivity index (χ2n) is 5.83. The summed E-state index contributed by atoms with van der Waals surface area (Å²) >= 11 is 4.31. The van der Waals surface area contributed by atoms with Crippen molar-refractivity contribution in [3.63, 3.8) is 0 Å². The highest BCUT2D eigenvalue weighted by molar-refractivity contribution is 8.01. The highest BCUT2D eigenvalue weighted by atomic mass is 32.2. The van der Waals surface area contributed by atoms with E-state index >= 15 is 0 Å². The first-order valence-electron chi connectivity index (χ1n) is 8.08. The maximum Gasteiger partial charge on any atom is 0.236 e. The van der Waals surface area contributed by atoms with E-state index in [9.17, 15) is 9.18 Å². The fraction of sp³-hybridized carbons (Fsp3) is 0.105. The molecule has 0 spiro atoms.